The summed E-state index contributed by atoms with van der Waals surface area (Å²) < 4.78 is 2.09. The third-order valence-electron chi connectivity index (χ3n) is 2.50. The molecule has 0 radical (unpaired) electrons. The highest BCUT2D eigenvalue weighted by Gasteiger charge is 2.21. The lowest BCUT2D eigenvalue weighted by molar-refractivity contribution is -0.106. The zero-order valence-electron chi connectivity index (χ0n) is 16.6. The highest BCUT2D eigenvalue weighted by atomic mass is 32.2. The fourth-order valence-corrected chi connectivity index (χ4v) is 8.09. The first-order valence-electron chi connectivity index (χ1n) is 8.60. The first-order valence-corrected chi connectivity index (χ1v) is 13.8. The van der Waals surface area contributed by atoms with Gasteiger partial charge in [-0.3, -0.25) is 9.59 Å². The zero-order chi connectivity index (χ0) is 20.0. The van der Waals surface area contributed by atoms with Crippen molar-refractivity contribution in [3.8, 4) is 0 Å². The standard InChI is InChI=1S/C18H28O2S6/c1-9(2)21-13(15(19)23-11(5)6)17-25-18(26-17)14(22-10(3)4)16(20)24-12(7)8/h9-12H,1-8H3. The van der Waals surface area contributed by atoms with E-state index in [-0.39, 0.29) is 20.7 Å². The molecule has 0 spiro atoms. The molecule has 148 valence electrons. The lowest BCUT2D eigenvalue weighted by Gasteiger charge is -2.13. The normalized spacial score (nSPS) is 11.8. The van der Waals surface area contributed by atoms with Crippen molar-refractivity contribution in [3.63, 3.8) is 0 Å². The fourth-order valence-electron chi connectivity index (χ4n) is 1.73. The minimum atomic E-state index is 0.147. The van der Waals surface area contributed by atoms with Crippen molar-refractivity contribution in [2.75, 3.05) is 0 Å². The van der Waals surface area contributed by atoms with Crippen LogP contribution in [0, 0.1) is 0 Å². The van der Waals surface area contributed by atoms with Crippen LogP contribution in [0.25, 0.3) is 9.81 Å². The lowest BCUT2D eigenvalue weighted by atomic mass is 10.6. The third-order valence-corrected chi connectivity index (χ3v) is 9.81. The van der Waals surface area contributed by atoms with E-state index in [1.54, 1.807) is 46.2 Å². The van der Waals surface area contributed by atoms with Crippen LogP contribution in [0.3, 0.4) is 0 Å². The molecule has 0 saturated carbocycles. The van der Waals surface area contributed by atoms with Crippen LogP contribution in [0.5, 0.6) is 0 Å². The lowest BCUT2D eigenvalue weighted by Crippen LogP contribution is -2.21. The number of hydrogen-bond acceptors (Lipinski definition) is 8. The van der Waals surface area contributed by atoms with Gasteiger partial charge in [0.1, 0.15) is 7.69 Å². The van der Waals surface area contributed by atoms with Crippen molar-refractivity contribution in [1.29, 1.82) is 0 Å². The number of hydrogen-bond donors (Lipinski definition) is 0. The maximum absolute atomic E-state index is 12.6. The van der Waals surface area contributed by atoms with Crippen LogP contribution in [0.1, 0.15) is 55.4 Å². The summed E-state index contributed by atoms with van der Waals surface area (Å²) in [5.74, 6) is 0. The van der Waals surface area contributed by atoms with Gasteiger partial charge in [0.15, 0.2) is 0 Å². The van der Waals surface area contributed by atoms with Gasteiger partial charge < -0.3 is 0 Å². The second-order valence-electron chi connectivity index (χ2n) is 6.68. The Kier molecular flexibility index (Phi) is 11.0. The Bertz CT molecular complexity index is 648. The second-order valence-corrected chi connectivity index (χ2v) is 15.5. The van der Waals surface area contributed by atoms with E-state index in [1.165, 1.54) is 23.5 Å². The third kappa shape index (κ3) is 8.35. The first kappa shape index (κ1) is 24.7. The highest BCUT2D eigenvalue weighted by Crippen LogP contribution is 2.32. The fraction of sp³-hybridized carbons (Fsp3) is 0.667. The maximum atomic E-state index is 12.6. The van der Waals surface area contributed by atoms with E-state index in [4.69, 9.17) is 0 Å². The van der Waals surface area contributed by atoms with Crippen molar-refractivity contribution in [2.45, 2.75) is 76.4 Å². The van der Waals surface area contributed by atoms with Gasteiger partial charge in [-0.1, -0.05) is 78.9 Å². The predicted molar refractivity (Wildman–Crippen MR) is 129 cm³/mol. The number of rotatable bonds is 8. The molecule has 0 bridgehead atoms. The smallest absolute Gasteiger partial charge is 0.228 e. The molecule has 0 N–H and O–H groups in total. The minimum absolute atomic E-state index is 0.147. The molecular formula is C18H28O2S6. The summed E-state index contributed by atoms with van der Waals surface area (Å²) in [6, 6.07) is 0. The van der Waals surface area contributed by atoms with Crippen LogP contribution < -0.4 is 7.69 Å². The van der Waals surface area contributed by atoms with E-state index in [9.17, 15) is 9.59 Å². The molecule has 0 fully saturated rings. The van der Waals surface area contributed by atoms with Crippen LogP contribution in [-0.2, 0) is 9.59 Å². The molecule has 0 aliphatic carbocycles. The van der Waals surface area contributed by atoms with Crippen molar-refractivity contribution < 1.29 is 9.59 Å². The van der Waals surface area contributed by atoms with Gasteiger partial charge in [-0.25, -0.2) is 0 Å². The monoisotopic (exact) mass is 468 g/mol. The molecule has 0 amide bonds. The van der Waals surface area contributed by atoms with Gasteiger partial charge in [-0.15, -0.1) is 46.2 Å². The first-order chi connectivity index (χ1) is 12.0. The van der Waals surface area contributed by atoms with Gasteiger partial charge in [-0.05, 0) is 0 Å². The number of carbonyl (C=O) groups excluding carboxylic acids is 2. The van der Waals surface area contributed by atoms with Gasteiger partial charge in [0.05, 0.1) is 9.81 Å². The minimum Gasteiger partial charge on any atom is -0.281 e. The summed E-state index contributed by atoms with van der Waals surface area (Å²) in [7, 11) is 0. The summed E-state index contributed by atoms with van der Waals surface area (Å²) in [4.78, 5) is 26.9. The van der Waals surface area contributed by atoms with Crippen LogP contribution >= 0.6 is 69.7 Å². The Morgan fingerprint density at radius 1 is 0.577 bits per heavy atom. The van der Waals surface area contributed by atoms with E-state index in [2.05, 4.69) is 27.7 Å². The quantitative estimate of drug-likeness (QED) is 0.491. The topological polar surface area (TPSA) is 34.1 Å². The number of carbonyl (C=O) groups is 2. The summed E-state index contributed by atoms with van der Waals surface area (Å²) in [6.45, 7) is 16.6. The maximum Gasteiger partial charge on any atom is 0.228 e. The number of thioether (sulfide) groups is 4. The molecule has 0 atom stereocenters. The molecule has 2 nitrogen and oxygen atoms in total. The largest absolute Gasteiger partial charge is 0.281 e. The van der Waals surface area contributed by atoms with Gasteiger partial charge in [0.25, 0.3) is 0 Å². The zero-order valence-corrected chi connectivity index (χ0v) is 21.5. The Morgan fingerprint density at radius 3 is 1.08 bits per heavy atom. The Morgan fingerprint density at radius 2 is 0.846 bits per heavy atom. The molecule has 0 aromatic carbocycles. The molecule has 1 heterocycles. The molecule has 8 heteroatoms. The van der Waals surface area contributed by atoms with Gasteiger partial charge in [0.2, 0.25) is 10.2 Å². The van der Waals surface area contributed by atoms with Crippen molar-refractivity contribution in [2.24, 2.45) is 0 Å². The highest BCUT2D eigenvalue weighted by molar-refractivity contribution is 8.21. The molecule has 1 aromatic heterocycles. The molecule has 0 unspecified atom stereocenters. The molecule has 0 aliphatic rings. The average Bonchev–Trinajstić information content (AvgIpc) is 2.40. The van der Waals surface area contributed by atoms with E-state index < -0.39 is 0 Å². The van der Waals surface area contributed by atoms with E-state index in [0.29, 0.717) is 10.5 Å². The SMILES string of the molecule is CC(C)SC(=O)C(SC(C)C)=c1sc(=C(SC(C)C)C(=O)SC(C)C)s1. The summed E-state index contributed by atoms with van der Waals surface area (Å²) in [5.41, 5.74) is 0. The van der Waals surface area contributed by atoms with Crippen molar-refractivity contribution >= 4 is 89.8 Å². The van der Waals surface area contributed by atoms with Crippen LogP contribution in [0.4, 0.5) is 0 Å². The van der Waals surface area contributed by atoms with E-state index in [0.717, 1.165) is 17.5 Å². The summed E-state index contributed by atoms with van der Waals surface area (Å²) >= 11 is 9.21. The second kappa shape index (κ2) is 11.6. The van der Waals surface area contributed by atoms with E-state index in [1.807, 2.05) is 27.7 Å². The Hall–Kier alpha value is 0.660. The molecule has 1 aromatic rings. The van der Waals surface area contributed by atoms with Gasteiger partial charge in [0, 0.05) is 21.0 Å². The molecule has 0 saturated heterocycles. The molecule has 1 rings (SSSR count). The van der Waals surface area contributed by atoms with Crippen molar-refractivity contribution in [3.05, 3.63) is 7.69 Å². The molecular weight excluding hydrogens is 441 g/mol. The summed E-state index contributed by atoms with van der Waals surface area (Å²) in [5, 5.41) is 1.54. The Balaban J connectivity index is 3.35. The van der Waals surface area contributed by atoms with Crippen LogP contribution in [0.2, 0.25) is 0 Å². The summed E-state index contributed by atoms with van der Waals surface area (Å²) in [6.07, 6.45) is 0. The Labute approximate surface area is 182 Å². The molecule has 0 aliphatic heterocycles. The van der Waals surface area contributed by atoms with Crippen LogP contribution in [0.15, 0.2) is 0 Å². The van der Waals surface area contributed by atoms with Crippen LogP contribution in [-0.4, -0.2) is 31.2 Å². The van der Waals surface area contributed by atoms with Crippen molar-refractivity contribution in [1.82, 2.24) is 0 Å². The molecule has 26 heavy (non-hydrogen) atoms. The van der Waals surface area contributed by atoms with Gasteiger partial charge in [-0.2, -0.15) is 0 Å². The predicted octanol–water partition coefficient (Wildman–Crippen LogP) is 5.65. The van der Waals surface area contributed by atoms with Gasteiger partial charge >= 0.3 is 0 Å². The average molecular weight is 469 g/mol. The van der Waals surface area contributed by atoms with E-state index >= 15 is 0 Å².